The SMILES string of the molecule is Cc1ccc(NS(=O)(=O)c2cc(N)cc(F)c2C)cc1Cl. The number of anilines is 2. The van der Waals surface area contributed by atoms with Gasteiger partial charge in [0.25, 0.3) is 10.0 Å². The van der Waals surface area contributed by atoms with Crippen LogP contribution in [0.15, 0.2) is 35.2 Å². The van der Waals surface area contributed by atoms with E-state index in [-0.39, 0.29) is 16.1 Å². The Morgan fingerprint density at radius 2 is 1.86 bits per heavy atom. The highest BCUT2D eigenvalue weighted by atomic mass is 35.5. The van der Waals surface area contributed by atoms with Crippen molar-refractivity contribution in [2.75, 3.05) is 10.5 Å². The standard InChI is InChI=1S/C14H14ClFN2O2S/c1-8-3-4-11(7-12(8)15)18-21(19,20)14-6-10(17)5-13(16)9(14)2/h3-7,18H,17H2,1-2H3. The number of sulfonamides is 1. The number of nitrogens with one attached hydrogen (secondary N) is 1. The summed E-state index contributed by atoms with van der Waals surface area (Å²) in [6, 6.07) is 7.06. The van der Waals surface area contributed by atoms with Gasteiger partial charge in [-0.3, -0.25) is 4.72 Å². The molecule has 2 rings (SSSR count). The third kappa shape index (κ3) is 3.28. The molecule has 0 spiro atoms. The van der Waals surface area contributed by atoms with Crippen molar-refractivity contribution < 1.29 is 12.8 Å². The number of hydrogen-bond acceptors (Lipinski definition) is 3. The van der Waals surface area contributed by atoms with Gasteiger partial charge in [0.05, 0.1) is 10.6 Å². The number of aryl methyl sites for hydroxylation is 1. The predicted molar refractivity (Wildman–Crippen MR) is 82.5 cm³/mol. The molecule has 2 aromatic carbocycles. The zero-order valence-corrected chi connectivity index (χ0v) is 13.0. The highest BCUT2D eigenvalue weighted by Crippen LogP contribution is 2.26. The number of nitrogen functional groups attached to an aromatic ring is 1. The number of hydrogen-bond donors (Lipinski definition) is 2. The second-order valence-corrected chi connectivity index (χ2v) is 6.75. The molecule has 0 unspecified atom stereocenters. The van der Waals surface area contributed by atoms with Gasteiger partial charge in [0.15, 0.2) is 0 Å². The van der Waals surface area contributed by atoms with Crippen molar-refractivity contribution in [3.05, 3.63) is 52.3 Å². The Balaban J connectivity index is 2.45. The van der Waals surface area contributed by atoms with Gasteiger partial charge in [-0.15, -0.1) is 0 Å². The molecule has 0 heterocycles. The summed E-state index contributed by atoms with van der Waals surface area (Å²) < 4.78 is 40.7. The Morgan fingerprint density at radius 1 is 1.19 bits per heavy atom. The van der Waals surface area contributed by atoms with Gasteiger partial charge in [0.2, 0.25) is 0 Å². The third-order valence-corrected chi connectivity index (χ3v) is 4.95. The molecule has 0 radical (unpaired) electrons. The molecule has 2 aromatic rings. The summed E-state index contributed by atoms with van der Waals surface area (Å²) in [5, 5.41) is 0.436. The molecule has 0 aromatic heterocycles. The van der Waals surface area contributed by atoms with Gasteiger partial charge >= 0.3 is 0 Å². The maximum Gasteiger partial charge on any atom is 0.262 e. The van der Waals surface area contributed by atoms with Crippen LogP contribution in [0.2, 0.25) is 5.02 Å². The Hall–Kier alpha value is -1.79. The average Bonchev–Trinajstić information content (AvgIpc) is 2.37. The van der Waals surface area contributed by atoms with E-state index in [0.717, 1.165) is 11.6 Å². The molecule has 0 amide bonds. The number of benzene rings is 2. The predicted octanol–water partition coefficient (Wildman–Crippen LogP) is 3.48. The molecule has 0 atom stereocenters. The lowest BCUT2D eigenvalue weighted by atomic mass is 10.2. The summed E-state index contributed by atoms with van der Waals surface area (Å²) in [5.74, 6) is -0.669. The molecular weight excluding hydrogens is 315 g/mol. The van der Waals surface area contributed by atoms with Crippen molar-refractivity contribution in [2.24, 2.45) is 0 Å². The minimum absolute atomic E-state index is 0.00917. The maximum absolute atomic E-state index is 13.6. The summed E-state index contributed by atoms with van der Waals surface area (Å²) in [7, 11) is -3.95. The van der Waals surface area contributed by atoms with E-state index in [1.165, 1.54) is 19.1 Å². The van der Waals surface area contributed by atoms with Gasteiger partial charge in [-0.1, -0.05) is 17.7 Å². The largest absolute Gasteiger partial charge is 0.399 e. The van der Waals surface area contributed by atoms with E-state index in [4.69, 9.17) is 17.3 Å². The van der Waals surface area contributed by atoms with Crippen molar-refractivity contribution in [2.45, 2.75) is 18.7 Å². The molecule has 0 fully saturated rings. The highest BCUT2D eigenvalue weighted by Gasteiger charge is 2.20. The van der Waals surface area contributed by atoms with E-state index in [1.54, 1.807) is 19.1 Å². The van der Waals surface area contributed by atoms with Gasteiger partial charge in [-0.05, 0) is 43.7 Å². The molecular formula is C14H14ClFN2O2S. The van der Waals surface area contributed by atoms with Crippen molar-refractivity contribution in [3.8, 4) is 0 Å². The highest BCUT2D eigenvalue weighted by molar-refractivity contribution is 7.92. The molecule has 4 nitrogen and oxygen atoms in total. The zero-order valence-electron chi connectivity index (χ0n) is 11.4. The Kier molecular flexibility index (Phi) is 4.11. The quantitative estimate of drug-likeness (QED) is 0.847. The van der Waals surface area contributed by atoms with E-state index in [1.807, 2.05) is 0 Å². The fourth-order valence-electron chi connectivity index (χ4n) is 1.82. The number of rotatable bonds is 3. The first kappa shape index (κ1) is 15.6. The van der Waals surface area contributed by atoms with Crippen LogP contribution in [0.3, 0.4) is 0 Å². The van der Waals surface area contributed by atoms with Crippen LogP contribution in [0, 0.1) is 19.7 Å². The fourth-order valence-corrected chi connectivity index (χ4v) is 3.34. The van der Waals surface area contributed by atoms with Crippen molar-refractivity contribution in [1.82, 2.24) is 0 Å². The molecule has 0 aliphatic heterocycles. The van der Waals surface area contributed by atoms with Crippen LogP contribution in [0.25, 0.3) is 0 Å². The maximum atomic E-state index is 13.6. The zero-order chi connectivity index (χ0) is 15.8. The van der Waals surface area contributed by atoms with Crippen molar-refractivity contribution in [1.29, 1.82) is 0 Å². The molecule has 0 saturated heterocycles. The Morgan fingerprint density at radius 3 is 2.48 bits per heavy atom. The molecule has 21 heavy (non-hydrogen) atoms. The summed E-state index contributed by atoms with van der Waals surface area (Å²) in [6.45, 7) is 3.18. The summed E-state index contributed by atoms with van der Waals surface area (Å²) >= 11 is 5.96. The van der Waals surface area contributed by atoms with E-state index in [9.17, 15) is 12.8 Å². The lowest BCUT2D eigenvalue weighted by molar-refractivity contribution is 0.591. The van der Waals surface area contributed by atoms with Crippen LogP contribution < -0.4 is 10.5 Å². The topological polar surface area (TPSA) is 72.2 Å². The number of halogens is 2. The summed E-state index contributed by atoms with van der Waals surface area (Å²) in [6.07, 6.45) is 0. The first-order valence-corrected chi connectivity index (χ1v) is 7.91. The van der Waals surface area contributed by atoms with Crippen LogP contribution in [-0.2, 0) is 10.0 Å². The summed E-state index contributed by atoms with van der Waals surface area (Å²) in [5.41, 5.74) is 6.68. The van der Waals surface area contributed by atoms with Crippen LogP contribution in [0.1, 0.15) is 11.1 Å². The van der Waals surface area contributed by atoms with Crippen molar-refractivity contribution >= 4 is 33.0 Å². The van der Waals surface area contributed by atoms with E-state index < -0.39 is 15.8 Å². The van der Waals surface area contributed by atoms with Gasteiger partial charge < -0.3 is 5.73 Å². The van der Waals surface area contributed by atoms with Crippen LogP contribution >= 0.6 is 11.6 Å². The number of nitrogens with two attached hydrogens (primary N) is 1. The lowest BCUT2D eigenvalue weighted by Gasteiger charge is -2.12. The Labute approximate surface area is 127 Å². The minimum atomic E-state index is -3.95. The molecule has 0 bridgehead atoms. The molecule has 0 aliphatic carbocycles. The second kappa shape index (κ2) is 5.54. The molecule has 0 aliphatic rings. The second-order valence-electron chi connectivity index (χ2n) is 4.70. The molecule has 112 valence electrons. The van der Waals surface area contributed by atoms with Crippen molar-refractivity contribution in [3.63, 3.8) is 0 Å². The fraction of sp³-hybridized carbons (Fsp3) is 0.143. The van der Waals surface area contributed by atoms with Crippen LogP contribution in [0.5, 0.6) is 0 Å². The normalized spacial score (nSPS) is 11.4. The van der Waals surface area contributed by atoms with Crippen LogP contribution in [-0.4, -0.2) is 8.42 Å². The first-order chi connectivity index (χ1) is 9.70. The van der Waals surface area contributed by atoms with E-state index >= 15 is 0 Å². The molecule has 0 saturated carbocycles. The molecule has 3 N–H and O–H groups in total. The van der Waals surface area contributed by atoms with Crippen LogP contribution in [0.4, 0.5) is 15.8 Å². The monoisotopic (exact) mass is 328 g/mol. The van der Waals surface area contributed by atoms with Gasteiger partial charge in [-0.25, -0.2) is 12.8 Å². The molecule has 7 heteroatoms. The van der Waals surface area contributed by atoms with E-state index in [0.29, 0.717) is 10.7 Å². The van der Waals surface area contributed by atoms with Gasteiger partial charge in [-0.2, -0.15) is 0 Å². The minimum Gasteiger partial charge on any atom is -0.399 e. The van der Waals surface area contributed by atoms with Gasteiger partial charge in [0.1, 0.15) is 5.82 Å². The lowest BCUT2D eigenvalue weighted by Crippen LogP contribution is -2.15. The first-order valence-electron chi connectivity index (χ1n) is 6.05. The smallest absolute Gasteiger partial charge is 0.262 e. The van der Waals surface area contributed by atoms with Gasteiger partial charge in [0, 0.05) is 16.3 Å². The van der Waals surface area contributed by atoms with E-state index in [2.05, 4.69) is 4.72 Å². The average molecular weight is 329 g/mol. The Bertz CT molecular complexity index is 807. The summed E-state index contributed by atoms with van der Waals surface area (Å²) in [4.78, 5) is -0.198. The third-order valence-electron chi connectivity index (χ3n) is 3.03.